The average molecular weight is 395 g/mol. The molecule has 0 amide bonds. The van der Waals surface area contributed by atoms with Gasteiger partial charge in [-0.25, -0.2) is 9.13 Å². The smallest absolute Gasteiger partial charge is 0.169 e. The second-order valence-electron chi connectivity index (χ2n) is 7.92. The van der Waals surface area contributed by atoms with Gasteiger partial charge in [0.15, 0.2) is 24.8 Å². The highest BCUT2D eigenvalue weighted by Crippen LogP contribution is 2.08. The first-order valence-corrected chi connectivity index (χ1v) is 10.9. The lowest BCUT2D eigenvalue weighted by Crippen LogP contribution is -2.35. The number of aromatic nitrogens is 2. The maximum atomic E-state index is 2.29. The van der Waals surface area contributed by atoms with Gasteiger partial charge in [-0.1, -0.05) is 60.7 Å². The van der Waals surface area contributed by atoms with Crippen LogP contribution in [0.4, 0.5) is 0 Å². The number of unbranched alkanes of at least 4 members (excludes halogenated alkanes) is 1. The lowest BCUT2D eigenvalue weighted by Gasteiger charge is -2.02. The van der Waals surface area contributed by atoms with Gasteiger partial charge in [0, 0.05) is 37.1 Å². The fourth-order valence-corrected chi connectivity index (χ4v) is 3.76. The van der Waals surface area contributed by atoms with Crippen LogP contribution in [-0.2, 0) is 25.9 Å². The summed E-state index contributed by atoms with van der Waals surface area (Å²) in [6.45, 7) is 2.14. The zero-order valence-electron chi connectivity index (χ0n) is 17.5. The van der Waals surface area contributed by atoms with Gasteiger partial charge in [-0.05, 0) is 35.1 Å². The second kappa shape index (κ2) is 10.5. The largest absolute Gasteiger partial charge is 0.205 e. The maximum Gasteiger partial charge on any atom is 0.169 e. The van der Waals surface area contributed by atoms with Gasteiger partial charge < -0.3 is 0 Å². The maximum absolute atomic E-state index is 2.29. The van der Waals surface area contributed by atoms with Crippen molar-refractivity contribution in [3.63, 3.8) is 0 Å². The highest BCUT2D eigenvalue weighted by Gasteiger charge is 2.05. The average Bonchev–Trinajstić information content (AvgIpc) is 2.80. The monoisotopic (exact) mass is 394 g/mol. The Kier molecular flexibility index (Phi) is 7.01. The molecule has 0 atom stereocenters. The molecule has 0 radical (unpaired) electrons. The fourth-order valence-electron chi connectivity index (χ4n) is 3.76. The Hall–Kier alpha value is -3.26. The van der Waals surface area contributed by atoms with Crippen molar-refractivity contribution in [1.82, 2.24) is 0 Å². The van der Waals surface area contributed by atoms with Crippen LogP contribution in [0.1, 0.15) is 35.1 Å². The molecule has 2 nitrogen and oxygen atoms in total. The molecule has 0 spiro atoms. The highest BCUT2D eigenvalue weighted by atomic mass is 14.9. The van der Waals surface area contributed by atoms with E-state index in [0.717, 1.165) is 25.9 Å². The SMILES string of the molecule is c1ccc(Cc2cc[n+](CCCC[n+]3ccc(Cc4ccccc4)cc3)cc2)cc1. The summed E-state index contributed by atoms with van der Waals surface area (Å²) in [5, 5.41) is 0. The summed E-state index contributed by atoms with van der Waals surface area (Å²) in [5.74, 6) is 0. The Morgan fingerprint density at radius 2 is 0.733 bits per heavy atom. The number of rotatable bonds is 9. The number of hydrogen-bond donors (Lipinski definition) is 0. The van der Waals surface area contributed by atoms with Gasteiger partial charge in [0.05, 0.1) is 0 Å². The standard InChI is InChI=1S/C28H30N2/c1-3-9-25(10-4-1)23-27-13-19-29(20-14-27)17-7-8-18-30-21-15-28(16-22-30)24-26-11-5-2-6-12-26/h1-6,9-16,19-22H,7-8,17-18,23-24H2/q+2. The van der Waals surface area contributed by atoms with Gasteiger partial charge >= 0.3 is 0 Å². The Morgan fingerprint density at radius 1 is 0.400 bits per heavy atom. The summed E-state index contributed by atoms with van der Waals surface area (Å²) in [7, 11) is 0. The predicted molar refractivity (Wildman–Crippen MR) is 121 cm³/mol. The van der Waals surface area contributed by atoms with Gasteiger partial charge in [-0.15, -0.1) is 0 Å². The molecule has 2 aromatic carbocycles. The summed E-state index contributed by atoms with van der Waals surface area (Å²) in [6, 6.07) is 30.3. The molecule has 2 aromatic heterocycles. The quantitative estimate of drug-likeness (QED) is 0.281. The first kappa shape index (κ1) is 20.0. The molecule has 2 heteroatoms. The van der Waals surface area contributed by atoms with Crippen molar-refractivity contribution in [2.45, 2.75) is 38.8 Å². The molecule has 0 aliphatic rings. The minimum atomic E-state index is 0.999. The summed E-state index contributed by atoms with van der Waals surface area (Å²) in [5.41, 5.74) is 5.45. The van der Waals surface area contributed by atoms with Crippen LogP contribution in [0.3, 0.4) is 0 Å². The van der Waals surface area contributed by atoms with E-state index in [0.29, 0.717) is 0 Å². The predicted octanol–water partition coefficient (Wildman–Crippen LogP) is 4.92. The van der Waals surface area contributed by atoms with E-state index in [2.05, 4.69) is 119 Å². The summed E-state index contributed by atoms with van der Waals surface area (Å²) in [6.07, 6.45) is 13.2. The molecule has 0 saturated heterocycles. The van der Waals surface area contributed by atoms with Crippen LogP contribution in [-0.4, -0.2) is 0 Å². The molecule has 0 bridgehead atoms. The third-order valence-corrected chi connectivity index (χ3v) is 5.51. The molecular formula is C28H30N2+2. The van der Waals surface area contributed by atoms with E-state index < -0.39 is 0 Å². The molecule has 0 aliphatic carbocycles. The third-order valence-electron chi connectivity index (χ3n) is 5.51. The molecule has 0 fully saturated rings. The minimum absolute atomic E-state index is 0.999. The third kappa shape index (κ3) is 6.12. The first-order chi connectivity index (χ1) is 14.8. The Labute approximate surface area is 180 Å². The van der Waals surface area contributed by atoms with Crippen molar-refractivity contribution in [3.05, 3.63) is 132 Å². The summed E-state index contributed by atoms with van der Waals surface area (Å²) < 4.78 is 4.59. The number of hydrogen-bond acceptors (Lipinski definition) is 0. The van der Waals surface area contributed by atoms with Crippen molar-refractivity contribution in [1.29, 1.82) is 0 Å². The molecule has 4 rings (SSSR count). The van der Waals surface area contributed by atoms with Gasteiger partial charge in [-0.3, -0.25) is 0 Å². The number of pyridine rings is 2. The zero-order chi connectivity index (χ0) is 20.4. The molecule has 0 saturated carbocycles. The van der Waals surface area contributed by atoms with E-state index in [1.165, 1.54) is 35.1 Å². The van der Waals surface area contributed by atoms with Crippen LogP contribution in [0, 0.1) is 0 Å². The van der Waals surface area contributed by atoms with Gasteiger partial charge in [0.1, 0.15) is 13.1 Å². The molecule has 4 aromatic rings. The number of aryl methyl sites for hydroxylation is 2. The Balaban J connectivity index is 1.19. The van der Waals surface area contributed by atoms with Crippen molar-refractivity contribution in [2.75, 3.05) is 0 Å². The number of benzene rings is 2. The minimum Gasteiger partial charge on any atom is -0.205 e. The summed E-state index contributed by atoms with van der Waals surface area (Å²) >= 11 is 0. The van der Waals surface area contributed by atoms with E-state index in [1.807, 2.05) is 0 Å². The Morgan fingerprint density at radius 3 is 1.10 bits per heavy atom. The van der Waals surface area contributed by atoms with Crippen molar-refractivity contribution in [3.8, 4) is 0 Å². The van der Waals surface area contributed by atoms with E-state index in [1.54, 1.807) is 0 Å². The van der Waals surface area contributed by atoms with Gasteiger partial charge in [0.25, 0.3) is 0 Å². The lowest BCUT2D eigenvalue weighted by molar-refractivity contribution is -0.708. The van der Waals surface area contributed by atoms with Gasteiger partial charge in [-0.2, -0.15) is 0 Å². The van der Waals surface area contributed by atoms with Crippen molar-refractivity contribution in [2.24, 2.45) is 0 Å². The topological polar surface area (TPSA) is 7.76 Å². The van der Waals surface area contributed by atoms with Gasteiger partial charge in [0.2, 0.25) is 0 Å². The number of nitrogens with zero attached hydrogens (tertiary/aromatic N) is 2. The molecule has 0 aliphatic heterocycles. The molecule has 0 unspecified atom stereocenters. The van der Waals surface area contributed by atoms with Crippen LogP contribution >= 0.6 is 0 Å². The van der Waals surface area contributed by atoms with Crippen LogP contribution in [0.15, 0.2) is 110 Å². The molecular weight excluding hydrogens is 364 g/mol. The zero-order valence-corrected chi connectivity index (χ0v) is 17.5. The van der Waals surface area contributed by atoms with Crippen LogP contribution < -0.4 is 9.13 Å². The molecule has 0 N–H and O–H groups in total. The molecule has 30 heavy (non-hydrogen) atoms. The van der Waals surface area contributed by atoms with Crippen molar-refractivity contribution >= 4 is 0 Å². The second-order valence-corrected chi connectivity index (χ2v) is 7.92. The van der Waals surface area contributed by atoms with E-state index >= 15 is 0 Å². The van der Waals surface area contributed by atoms with Crippen LogP contribution in [0.25, 0.3) is 0 Å². The van der Waals surface area contributed by atoms with Crippen molar-refractivity contribution < 1.29 is 9.13 Å². The molecule has 2 heterocycles. The normalized spacial score (nSPS) is 10.8. The van der Waals surface area contributed by atoms with Crippen LogP contribution in [0.5, 0.6) is 0 Å². The summed E-state index contributed by atoms with van der Waals surface area (Å²) in [4.78, 5) is 0. The van der Waals surface area contributed by atoms with E-state index in [-0.39, 0.29) is 0 Å². The van der Waals surface area contributed by atoms with E-state index in [4.69, 9.17) is 0 Å². The Bertz CT molecular complexity index is 921. The highest BCUT2D eigenvalue weighted by molar-refractivity contribution is 5.24. The fraction of sp³-hybridized carbons (Fsp3) is 0.214. The first-order valence-electron chi connectivity index (χ1n) is 10.9. The lowest BCUT2D eigenvalue weighted by atomic mass is 10.1. The van der Waals surface area contributed by atoms with E-state index in [9.17, 15) is 0 Å². The molecule has 150 valence electrons. The van der Waals surface area contributed by atoms with Crippen LogP contribution in [0.2, 0.25) is 0 Å².